The molecular weight excluding hydrogens is 428 g/mol. The van der Waals surface area contributed by atoms with E-state index in [4.69, 9.17) is 16.6 Å². The normalized spacial score (nSPS) is 15.2. The standard InChI is InChI=1S/C24H29ClN4O3/c1-16(18-6-3-4-7-18)14-20-26-22-21(29(20)15-17-8-10-19(25)11-9-17)23(31)28(12-5-13-30)24(32)27(22)2/h8-11,14,18,30H,3-7,12-13,15H2,1-2H3. The number of imidazole rings is 1. The van der Waals surface area contributed by atoms with E-state index in [-0.39, 0.29) is 18.7 Å². The van der Waals surface area contributed by atoms with Gasteiger partial charge in [0.15, 0.2) is 11.2 Å². The fourth-order valence-corrected chi connectivity index (χ4v) is 4.69. The second kappa shape index (κ2) is 9.46. The minimum absolute atomic E-state index is 0.0910. The van der Waals surface area contributed by atoms with E-state index in [9.17, 15) is 14.7 Å². The van der Waals surface area contributed by atoms with Crippen molar-refractivity contribution in [2.75, 3.05) is 6.61 Å². The van der Waals surface area contributed by atoms with Crippen molar-refractivity contribution in [1.29, 1.82) is 0 Å². The van der Waals surface area contributed by atoms with E-state index in [2.05, 4.69) is 13.0 Å². The Balaban J connectivity index is 1.92. The smallest absolute Gasteiger partial charge is 0.332 e. The Morgan fingerprint density at radius 2 is 1.88 bits per heavy atom. The van der Waals surface area contributed by atoms with E-state index >= 15 is 0 Å². The molecule has 1 fully saturated rings. The number of rotatable bonds is 7. The van der Waals surface area contributed by atoms with Gasteiger partial charge >= 0.3 is 5.69 Å². The molecule has 0 aliphatic heterocycles. The van der Waals surface area contributed by atoms with Gasteiger partial charge in [0.1, 0.15) is 5.82 Å². The maximum absolute atomic E-state index is 13.4. The third kappa shape index (κ3) is 4.32. The summed E-state index contributed by atoms with van der Waals surface area (Å²) in [6.45, 7) is 2.63. The van der Waals surface area contributed by atoms with Crippen LogP contribution in [0.15, 0.2) is 39.4 Å². The van der Waals surface area contributed by atoms with Crippen molar-refractivity contribution in [3.05, 3.63) is 67.1 Å². The summed E-state index contributed by atoms with van der Waals surface area (Å²) in [5, 5.41) is 9.86. The highest BCUT2D eigenvalue weighted by Gasteiger charge is 2.21. The first-order chi connectivity index (χ1) is 15.4. The number of allylic oxidation sites excluding steroid dienone is 1. The van der Waals surface area contributed by atoms with Crippen molar-refractivity contribution < 1.29 is 5.11 Å². The highest BCUT2D eigenvalue weighted by atomic mass is 35.5. The molecule has 1 saturated carbocycles. The van der Waals surface area contributed by atoms with Crippen LogP contribution in [0.1, 0.15) is 50.4 Å². The van der Waals surface area contributed by atoms with Crippen molar-refractivity contribution in [3.63, 3.8) is 0 Å². The molecule has 1 aliphatic carbocycles. The number of benzene rings is 1. The Kier molecular flexibility index (Phi) is 6.67. The van der Waals surface area contributed by atoms with Gasteiger partial charge in [-0.15, -0.1) is 0 Å². The van der Waals surface area contributed by atoms with E-state index in [0.29, 0.717) is 40.9 Å². The van der Waals surface area contributed by atoms with Crippen LogP contribution in [0, 0.1) is 5.92 Å². The monoisotopic (exact) mass is 456 g/mol. The molecule has 170 valence electrons. The van der Waals surface area contributed by atoms with Gasteiger partial charge in [-0.2, -0.15) is 0 Å². The fourth-order valence-electron chi connectivity index (χ4n) is 4.56. The molecule has 0 spiro atoms. The van der Waals surface area contributed by atoms with Gasteiger partial charge in [-0.05, 0) is 55.9 Å². The van der Waals surface area contributed by atoms with Crippen LogP contribution in [0.4, 0.5) is 0 Å². The summed E-state index contributed by atoms with van der Waals surface area (Å²) in [5.74, 6) is 1.20. The van der Waals surface area contributed by atoms with Crippen LogP contribution >= 0.6 is 11.6 Å². The van der Waals surface area contributed by atoms with Gasteiger partial charge < -0.3 is 9.67 Å². The van der Waals surface area contributed by atoms with Gasteiger partial charge in [-0.3, -0.25) is 13.9 Å². The number of halogens is 1. The largest absolute Gasteiger partial charge is 0.396 e. The summed E-state index contributed by atoms with van der Waals surface area (Å²) in [6, 6.07) is 7.50. The van der Waals surface area contributed by atoms with Crippen molar-refractivity contribution in [2.45, 2.75) is 52.1 Å². The van der Waals surface area contributed by atoms with Gasteiger partial charge in [-0.25, -0.2) is 9.78 Å². The maximum Gasteiger partial charge on any atom is 0.332 e. The number of aryl methyl sites for hydroxylation is 1. The van der Waals surface area contributed by atoms with Crippen molar-refractivity contribution >= 4 is 28.8 Å². The highest BCUT2D eigenvalue weighted by Crippen LogP contribution is 2.32. The predicted molar refractivity (Wildman–Crippen MR) is 127 cm³/mol. The molecule has 1 aliphatic rings. The quantitative estimate of drug-likeness (QED) is 0.589. The van der Waals surface area contributed by atoms with Crippen LogP contribution in [-0.2, 0) is 20.1 Å². The molecular formula is C24H29ClN4O3. The first kappa shape index (κ1) is 22.6. The first-order valence-corrected chi connectivity index (χ1v) is 11.5. The average Bonchev–Trinajstić information content (AvgIpc) is 3.43. The van der Waals surface area contributed by atoms with E-state index in [1.54, 1.807) is 7.05 Å². The third-order valence-corrected chi connectivity index (χ3v) is 6.66. The highest BCUT2D eigenvalue weighted by molar-refractivity contribution is 6.30. The number of aromatic nitrogens is 4. The second-order valence-electron chi connectivity index (χ2n) is 8.60. The minimum Gasteiger partial charge on any atom is -0.396 e. The summed E-state index contributed by atoms with van der Waals surface area (Å²) in [4.78, 5) is 31.0. The van der Waals surface area contributed by atoms with Crippen molar-refractivity contribution in [2.24, 2.45) is 13.0 Å². The van der Waals surface area contributed by atoms with Crippen LogP contribution in [0.25, 0.3) is 17.2 Å². The van der Waals surface area contributed by atoms with E-state index in [0.717, 1.165) is 5.56 Å². The minimum atomic E-state index is -0.421. The molecule has 0 radical (unpaired) electrons. The number of hydrogen-bond donors (Lipinski definition) is 1. The first-order valence-electron chi connectivity index (χ1n) is 11.1. The summed E-state index contributed by atoms with van der Waals surface area (Å²) in [6.07, 6.45) is 7.22. The average molecular weight is 457 g/mol. The lowest BCUT2D eigenvalue weighted by atomic mass is 9.99. The number of nitrogens with zero attached hydrogens (tertiary/aromatic N) is 4. The Morgan fingerprint density at radius 3 is 2.53 bits per heavy atom. The molecule has 0 bridgehead atoms. The van der Waals surface area contributed by atoms with Gasteiger partial charge in [0.05, 0.1) is 0 Å². The van der Waals surface area contributed by atoms with Crippen LogP contribution in [0.3, 0.4) is 0 Å². The molecule has 1 N–H and O–H groups in total. The lowest BCUT2D eigenvalue weighted by molar-refractivity contribution is 0.277. The zero-order valence-corrected chi connectivity index (χ0v) is 19.3. The molecule has 2 heterocycles. The van der Waals surface area contributed by atoms with Crippen LogP contribution in [-0.4, -0.2) is 30.4 Å². The Bertz CT molecular complexity index is 1260. The molecule has 2 aromatic heterocycles. The lowest BCUT2D eigenvalue weighted by Gasteiger charge is -2.12. The summed E-state index contributed by atoms with van der Waals surface area (Å²) < 4.78 is 4.51. The Morgan fingerprint density at radius 1 is 1.19 bits per heavy atom. The SMILES string of the molecule is CC(=Cc1nc2c(c(=O)n(CCCO)c(=O)n2C)n1Cc1ccc(Cl)cc1)C1CCCC1. The van der Waals surface area contributed by atoms with Gasteiger partial charge in [0.25, 0.3) is 5.56 Å². The molecule has 0 saturated heterocycles. The fraction of sp³-hybridized carbons (Fsp3) is 0.458. The summed E-state index contributed by atoms with van der Waals surface area (Å²) >= 11 is 6.05. The molecule has 8 heteroatoms. The molecule has 0 atom stereocenters. The van der Waals surface area contributed by atoms with Crippen LogP contribution in [0.2, 0.25) is 5.02 Å². The summed E-state index contributed by atoms with van der Waals surface area (Å²) in [5.41, 5.74) is 2.20. The molecule has 3 aromatic rings. The molecule has 1 aromatic carbocycles. The Labute approximate surface area is 191 Å². The number of aliphatic hydroxyl groups is 1. The Hall–Kier alpha value is -2.64. The third-order valence-electron chi connectivity index (χ3n) is 6.41. The van der Waals surface area contributed by atoms with Crippen LogP contribution in [0.5, 0.6) is 0 Å². The van der Waals surface area contributed by atoms with Crippen molar-refractivity contribution in [3.8, 4) is 0 Å². The summed E-state index contributed by atoms with van der Waals surface area (Å²) in [7, 11) is 1.64. The van der Waals surface area contributed by atoms with E-state index in [1.807, 2.05) is 28.8 Å². The zero-order valence-electron chi connectivity index (χ0n) is 18.6. The molecule has 0 unspecified atom stereocenters. The lowest BCUT2D eigenvalue weighted by Crippen LogP contribution is -2.39. The van der Waals surface area contributed by atoms with Crippen molar-refractivity contribution in [1.82, 2.24) is 18.7 Å². The molecule has 7 nitrogen and oxygen atoms in total. The zero-order chi connectivity index (χ0) is 22.8. The predicted octanol–water partition coefficient (Wildman–Crippen LogP) is 3.57. The second-order valence-corrected chi connectivity index (χ2v) is 9.04. The molecule has 0 amide bonds. The van der Waals surface area contributed by atoms with Gasteiger partial charge in [-0.1, -0.05) is 42.1 Å². The van der Waals surface area contributed by atoms with E-state index < -0.39 is 5.69 Å². The maximum atomic E-state index is 13.4. The van der Waals surface area contributed by atoms with Gasteiger partial charge in [0, 0.05) is 31.8 Å². The van der Waals surface area contributed by atoms with Gasteiger partial charge in [0.2, 0.25) is 0 Å². The van der Waals surface area contributed by atoms with Crippen LogP contribution < -0.4 is 11.2 Å². The molecule has 4 rings (SSSR count). The molecule has 32 heavy (non-hydrogen) atoms. The number of fused-ring (bicyclic) bond motifs is 1. The topological polar surface area (TPSA) is 82.1 Å². The number of hydrogen-bond acceptors (Lipinski definition) is 4. The number of aliphatic hydroxyl groups excluding tert-OH is 1. The van der Waals surface area contributed by atoms with E-state index in [1.165, 1.54) is 40.4 Å².